The number of carbonyl (C=O) groups excluding carboxylic acids is 1. The van der Waals surface area contributed by atoms with Gasteiger partial charge in [-0.15, -0.1) is 0 Å². The van der Waals surface area contributed by atoms with Crippen LogP contribution in [0.5, 0.6) is 0 Å². The van der Waals surface area contributed by atoms with Crippen molar-refractivity contribution < 1.29 is 19.4 Å². The number of nitrogens with one attached hydrogen (secondary N) is 1. The van der Waals surface area contributed by atoms with E-state index in [0.29, 0.717) is 13.2 Å². The largest absolute Gasteiger partial charge is 0.444 e. The monoisotopic (exact) mass is 231 g/mol. The summed E-state index contributed by atoms with van der Waals surface area (Å²) < 4.78 is 10.6. The van der Waals surface area contributed by atoms with Gasteiger partial charge in [0, 0.05) is 6.54 Å². The maximum absolute atomic E-state index is 11.4. The standard InChI is InChI=1S/C11H21NO4/c1-10(2,3)16-9(14)12-8-11(4-5-11)15-7-6-13/h13H,4-8H2,1-3H3,(H,12,14). The highest BCUT2D eigenvalue weighted by molar-refractivity contribution is 5.67. The first-order valence-electron chi connectivity index (χ1n) is 5.59. The van der Waals surface area contributed by atoms with E-state index in [4.69, 9.17) is 14.6 Å². The van der Waals surface area contributed by atoms with E-state index in [1.165, 1.54) is 0 Å². The van der Waals surface area contributed by atoms with Crippen molar-refractivity contribution in [2.45, 2.75) is 44.8 Å². The predicted molar refractivity (Wildman–Crippen MR) is 59.2 cm³/mol. The molecule has 0 aromatic rings. The van der Waals surface area contributed by atoms with Crippen molar-refractivity contribution in [3.05, 3.63) is 0 Å². The Kier molecular flexibility index (Phi) is 4.15. The molecule has 1 aliphatic rings. The average molecular weight is 231 g/mol. The van der Waals surface area contributed by atoms with Crippen LogP contribution in [-0.2, 0) is 9.47 Å². The van der Waals surface area contributed by atoms with Gasteiger partial charge in [-0.2, -0.15) is 0 Å². The molecule has 0 bridgehead atoms. The Morgan fingerprint density at radius 2 is 2.06 bits per heavy atom. The van der Waals surface area contributed by atoms with Crippen LogP contribution in [0.2, 0.25) is 0 Å². The van der Waals surface area contributed by atoms with Gasteiger partial charge in [-0.05, 0) is 33.6 Å². The Balaban J connectivity index is 2.21. The molecule has 0 unspecified atom stereocenters. The first kappa shape index (κ1) is 13.3. The van der Waals surface area contributed by atoms with Gasteiger partial charge >= 0.3 is 6.09 Å². The van der Waals surface area contributed by atoms with Crippen molar-refractivity contribution in [1.82, 2.24) is 5.32 Å². The lowest BCUT2D eigenvalue weighted by Crippen LogP contribution is -2.39. The lowest BCUT2D eigenvalue weighted by Gasteiger charge is -2.21. The topological polar surface area (TPSA) is 67.8 Å². The second kappa shape index (κ2) is 5.01. The summed E-state index contributed by atoms with van der Waals surface area (Å²) in [6, 6.07) is 0. The zero-order valence-electron chi connectivity index (χ0n) is 10.2. The number of hydrogen-bond acceptors (Lipinski definition) is 4. The summed E-state index contributed by atoms with van der Waals surface area (Å²) >= 11 is 0. The minimum atomic E-state index is -0.479. The Hall–Kier alpha value is -0.810. The summed E-state index contributed by atoms with van der Waals surface area (Å²) in [5, 5.41) is 11.3. The van der Waals surface area contributed by atoms with Crippen molar-refractivity contribution in [1.29, 1.82) is 0 Å². The van der Waals surface area contributed by atoms with Gasteiger partial charge in [-0.25, -0.2) is 4.79 Å². The van der Waals surface area contributed by atoms with Crippen LogP contribution in [0, 0.1) is 0 Å². The zero-order valence-corrected chi connectivity index (χ0v) is 10.2. The van der Waals surface area contributed by atoms with Gasteiger partial charge in [0.1, 0.15) is 5.60 Å². The van der Waals surface area contributed by atoms with Crippen molar-refractivity contribution in [2.75, 3.05) is 19.8 Å². The van der Waals surface area contributed by atoms with E-state index in [-0.39, 0.29) is 12.2 Å². The number of rotatable bonds is 5. The summed E-state index contributed by atoms with van der Waals surface area (Å²) in [6.45, 7) is 6.23. The van der Waals surface area contributed by atoms with E-state index in [9.17, 15) is 4.79 Å². The molecule has 2 N–H and O–H groups in total. The molecule has 94 valence electrons. The second-order valence-electron chi connectivity index (χ2n) is 5.11. The zero-order chi connectivity index (χ0) is 12.2. The molecule has 0 saturated heterocycles. The van der Waals surface area contributed by atoms with Crippen molar-refractivity contribution in [2.24, 2.45) is 0 Å². The normalized spacial score (nSPS) is 18.0. The van der Waals surface area contributed by atoms with E-state index in [2.05, 4.69) is 5.32 Å². The molecule has 0 aliphatic heterocycles. The molecule has 1 fully saturated rings. The third-order valence-electron chi connectivity index (χ3n) is 2.26. The van der Waals surface area contributed by atoms with Gasteiger partial charge in [0.15, 0.2) is 0 Å². The molecule has 16 heavy (non-hydrogen) atoms. The fourth-order valence-corrected chi connectivity index (χ4v) is 1.32. The lowest BCUT2D eigenvalue weighted by atomic mass is 10.2. The van der Waals surface area contributed by atoms with Gasteiger partial charge in [0.25, 0.3) is 0 Å². The molecule has 1 amide bonds. The highest BCUT2D eigenvalue weighted by Gasteiger charge is 2.44. The third-order valence-corrected chi connectivity index (χ3v) is 2.26. The van der Waals surface area contributed by atoms with E-state index in [1.54, 1.807) is 0 Å². The quantitative estimate of drug-likeness (QED) is 0.742. The SMILES string of the molecule is CC(C)(C)OC(=O)NCC1(OCCO)CC1. The molecule has 0 aromatic heterocycles. The molecule has 1 saturated carbocycles. The maximum atomic E-state index is 11.4. The van der Waals surface area contributed by atoms with Crippen LogP contribution in [0.25, 0.3) is 0 Å². The summed E-state index contributed by atoms with van der Waals surface area (Å²) in [5.74, 6) is 0. The minimum Gasteiger partial charge on any atom is -0.444 e. The first-order chi connectivity index (χ1) is 7.37. The van der Waals surface area contributed by atoms with Gasteiger partial charge in [0.2, 0.25) is 0 Å². The Labute approximate surface area is 96.1 Å². The first-order valence-corrected chi connectivity index (χ1v) is 5.59. The summed E-state index contributed by atoms with van der Waals surface area (Å²) in [5.41, 5.74) is -0.744. The van der Waals surface area contributed by atoms with E-state index >= 15 is 0 Å². The maximum Gasteiger partial charge on any atom is 0.407 e. The number of ether oxygens (including phenoxy) is 2. The number of amides is 1. The minimum absolute atomic E-state index is 0.00812. The van der Waals surface area contributed by atoms with Crippen LogP contribution >= 0.6 is 0 Å². The van der Waals surface area contributed by atoms with E-state index < -0.39 is 11.7 Å². The molecule has 1 rings (SSSR count). The van der Waals surface area contributed by atoms with Crippen molar-refractivity contribution in [3.63, 3.8) is 0 Å². The fraction of sp³-hybridized carbons (Fsp3) is 0.909. The molecule has 5 nitrogen and oxygen atoms in total. The van der Waals surface area contributed by atoms with Crippen LogP contribution in [0.1, 0.15) is 33.6 Å². The van der Waals surface area contributed by atoms with Gasteiger partial charge in [0.05, 0.1) is 18.8 Å². The summed E-state index contributed by atoms with van der Waals surface area (Å²) in [4.78, 5) is 11.4. The van der Waals surface area contributed by atoms with Gasteiger partial charge < -0.3 is 19.9 Å². The summed E-state index contributed by atoms with van der Waals surface area (Å²) in [6.07, 6.45) is 1.41. The summed E-state index contributed by atoms with van der Waals surface area (Å²) in [7, 11) is 0. The number of alkyl carbamates (subject to hydrolysis) is 1. The average Bonchev–Trinajstić information content (AvgIpc) is 2.90. The second-order valence-corrected chi connectivity index (χ2v) is 5.11. The van der Waals surface area contributed by atoms with Crippen molar-refractivity contribution >= 4 is 6.09 Å². The number of hydrogen-bond donors (Lipinski definition) is 2. The Morgan fingerprint density at radius 1 is 1.44 bits per heavy atom. The van der Waals surface area contributed by atoms with Crippen LogP contribution in [0.4, 0.5) is 4.79 Å². The smallest absolute Gasteiger partial charge is 0.407 e. The Morgan fingerprint density at radius 3 is 2.50 bits per heavy atom. The van der Waals surface area contributed by atoms with Gasteiger partial charge in [-0.1, -0.05) is 0 Å². The molecule has 5 heteroatoms. The molecular formula is C11H21NO4. The molecular weight excluding hydrogens is 210 g/mol. The van der Waals surface area contributed by atoms with Crippen LogP contribution in [0.3, 0.4) is 0 Å². The molecule has 0 heterocycles. The molecule has 0 aromatic carbocycles. The molecule has 1 aliphatic carbocycles. The Bertz CT molecular complexity index is 243. The van der Waals surface area contributed by atoms with Gasteiger partial charge in [-0.3, -0.25) is 0 Å². The lowest BCUT2D eigenvalue weighted by molar-refractivity contribution is 0.00652. The van der Waals surface area contributed by atoms with Crippen molar-refractivity contribution in [3.8, 4) is 0 Å². The molecule has 0 atom stereocenters. The predicted octanol–water partition coefficient (Wildman–Crippen LogP) is 1.05. The third kappa shape index (κ3) is 4.81. The number of aliphatic hydroxyl groups is 1. The highest BCUT2D eigenvalue weighted by atomic mass is 16.6. The van der Waals surface area contributed by atoms with E-state index in [1.807, 2.05) is 20.8 Å². The highest BCUT2D eigenvalue weighted by Crippen LogP contribution is 2.38. The number of aliphatic hydroxyl groups excluding tert-OH is 1. The van der Waals surface area contributed by atoms with Crippen LogP contribution in [0.15, 0.2) is 0 Å². The van der Waals surface area contributed by atoms with Crippen LogP contribution < -0.4 is 5.32 Å². The van der Waals surface area contributed by atoms with Crippen LogP contribution in [-0.4, -0.2) is 42.2 Å². The molecule has 0 spiro atoms. The number of carbonyl (C=O) groups is 1. The fourth-order valence-electron chi connectivity index (χ4n) is 1.32. The van der Waals surface area contributed by atoms with E-state index in [0.717, 1.165) is 12.8 Å². The molecule has 0 radical (unpaired) electrons.